The Hall–Kier alpha value is -1.18. The van der Waals surface area contributed by atoms with E-state index in [2.05, 4.69) is 39.8 Å². The Labute approximate surface area is 97.6 Å². The molecule has 0 fully saturated rings. The summed E-state index contributed by atoms with van der Waals surface area (Å²) in [5.41, 5.74) is 2.33. The zero-order chi connectivity index (χ0) is 11.9. The molecule has 0 saturated carbocycles. The third kappa shape index (κ3) is 1.89. The van der Waals surface area contributed by atoms with Gasteiger partial charge in [0.2, 0.25) is 0 Å². The molecule has 2 heteroatoms. The Bertz CT molecular complexity index is 407. The molecule has 0 amide bonds. The molecule has 0 bridgehead atoms. The van der Waals surface area contributed by atoms with Crippen LogP contribution in [0.25, 0.3) is 0 Å². The molecule has 2 nitrogen and oxygen atoms in total. The molecule has 0 spiro atoms. The summed E-state index contributed by atoms with van der Waals surface area (Å²) in [6.07, 6.45) is 1.05. The average Bonchev–Trinajstić information content (AvgIpc) is 2.14. The van der Waals surface area contributed by atoms with Crippen molar-refractivity contribution in [3.8, 4) is 11.5 Å². The molecular weight excluding hydrogens is 200 g/mol. The minimum absolute atomic E-state index is 0.0621. The lowest BCUT2D eigenvalue weighted by Crippen LogP contribution is -2.34. The van der Waals surface area contributed by atoms with Crippen LogP contribution in [0.1, 0.15) is 44.2 Å². The highest BCUT2D eigenvalue weighted by Gasteiger charge is 2.31. The molecule has 1 atom stereocenters. The van der Waals surface area contributed by atoms with Crippen molar-refractivity contribution >= 4 is 0 Å². The predicted molar refractivity (Wildman–Crippen MR) is 65.5 cm³/mol. The molecule has 1 aliphatic heterocycles. The highest BCUT2D eigenvalue weighted by molar-refractivity contribution is 5.48. The van der Waals surface area contributed by atoms with Crippen LogP contribution in [-0.2, 0) is 0 Å². The topological polar surface area (TPSA) is 18.5 Å². The van der Waals surface area contributed by atoms with Gasteiger partial charge in [-0.2, -0.15) is 0 Å². The molecule has 88 valence electrons. The van der Waals surface area contributed by atoms with Gasteiger partial charge in [0.25, 0.3) is 0 Å². The van der Waals surface area contributed by atoms with Crippen LogP contribution in [0.4, 0.5) is 0 Å². The molecule has 0 N–H and O–H groups in total. The van der Waals surface area contributed by atoms with Crippen molar-refractivity contribution < 1.29 is 9.47 Å². The maximum absolute atomic E-state index is 6.01. The first-order valence-electron chi connectivity index (χ1n) is 5.80. The average molecular weight is 220 g/mol. The van der Waals surface area contributed by atoms with E-state index in [1.807, 2.05) is 0 Å². The van der Waals surface area contributed by atoms with Gasteiger partial charge in [-0.3, -0.25) is 0 Å². The molecular formula is C14H20O2. The fourth-order valence-corrected chi connectivity index (χ4v) is 2.56. The van der Waals surface area contributed by atoms with Crippen molar-refractivity contribution in [2.24, 2.45) is 0 Å². The number of fused-ring (bicyclic) bond motifs is 1. The lowest BCUT2D eigenvalue weighted by atomic mass is 9.85. The van der Waals surface area contributed by atoms with Crippen LogP contribution in [0.3, 0.4) is 0 Å². The summed E-state index contributed by atoms with van der Waals surface area (Å²) in [6, 6.07) is 4.20. The summed E-state index contributed by atoms with van der Waals surface area (Å²) in [4.78, 5) is 0. The first kappa shape index (κ1) is 11.3. The van der Waals surface area contributed by atoms with E-state index in [0.29, 0.717) is 5.92 Å². The van der Waals surface area contributed by atoms with E-state index >= 15 is 0 Å². The Morgan fingerprint density at radius 3 is 2.69 bits per heavy atom. The smallest absolute Gasteiger partial charge is 0.124 e. The molecule has 0 radical (unpaired) electrons. The van der Waals surface area contributed by atoms with Gasteiger partial charge in [-0.25, -0.2) is 0 Å². The summed E-state index contributed by atoms with van der Waals surface area (Å²) in [5.74, 6) is 2.49. The highest BCUT2D eigenvalue weighted by Crippen LogP contribution is 2.43. The quantitative estimate of drug-likeness (QED) is 0.719. The van der Waals surface area contributed by atoms with E-state index in [9.17, 15) is 0 Å². The largest absolute Gasteiger partial charge is 0.496 e. The van der Waals surface area contributed by atoms with Gasteiger partial charge >= 0.3 is 0 Å². The third-order valence-corrected chi connectivity index (χ3v) is 3.24. The van der Waals surface area contributed by atoms with Gasteiger partial charge in [0.15, 0.2) is 0 Å². The second kappa shape index (κ2) is 3.69. The molecule has 1 unspecified atom stereocenters. The number of benzene rings is 1. The lowest BCUT2D eigenvalue weighted by Gasteiger charge is -2.36. The molecule has 1 heterocycles. The van der Waals surface area contributed by atoms with Gasteiger partial charge in [0.1, 0.15) is 17.1 Å². The summed E-state index contributed by atoms with van der Waals surface area (Å²) >= 11 is 0. The summed E-state index contributed by atoms with van der Waals surface area (Å²) in [7, 11) is 1.72. The fourth-order valence-electron chi connectivity index (χ4n) is 2.56. The normalized spacial score (nSPS) is 22.2. The van der Waals surface area contributed by atoms with Crippen molar-refractivity contribution in [3.63, 3.8) is 0 Å². The van der Waals surface area contributed by atoms with E-state index in [1.54, 1.807) is 7.11 Å². The van der Waals surface area contributed by atoms with Gasteiger partial charge in [0, 0.05) is 5.56 Å². The van der Waals surface area contributed by atoms with E-state index in [4.69, 9.17) is 9.47 Å². The number of hydrogen-bond donors (Lipinski definition) is 0. The third-order valence-electron chi connectivity index (χ3n) is 3.24. The minimum Gasteiger partial charge on any atom is -0.496 e. The molecule has 16 heavy (non-hydrogen) atoms. The molecule has 0 saturated heterocycles. The van der Waals surface area contributed by atoms with Crippen LogP contribution in [0.5, 0.6) is 11.5 Å². The van der Waals surface area contributed by atoms with Gasteiger partial charge in [-0.15, -0.1) is 0 Å². The second-order valence-corrected chi connectivity index (χ2v) is 5.33. The Balaban J connectivity index is 2.49. The molecule has 0 aliphatic carbocycles. The Morgan fingerprint density at radius 2 is 2.06 bits per heavy atom. The van der Waals surface area contributed by atoms with Gasteiger partial charge < -0.3 is 9.47 Å². The van der Waals surface area contributed by atoms with Crippen LogP contribution in [-0.4, -0.2) is 12.7 Å². The zero-order valence-corrected chi connectivity index (χ0v) is 10.8. The lowest BCUT2D eigenvalue weighted by molar-refractivity contribution is 0.0744. The molecule has 1 aromatic rings. The van der Waals surface area contributed by atoms with E-state index < -0.39 is 0 Å². The Kier molecular flexibility index (Phi) is 2.61. The van der Waals surface area contributed by atoms with E-state index in [-0.39, 0.29) is 5.60 Å². The minimum atomic E-state index is -0.0621. The molecule has 1 aromatic carbocycles. The maximum atomic E-state index is 6.01. The number of methoxy groups -OCH3 is 1. The predicted octanol–water partition coefficient (Wildman–Crippen LogP) is 3.67. The maximum Gasteiger partial charge on any atom is 0.124 e. The van der Waals surface area contributed by atoms with Crippen LogP contribution >= 0.6 is 0 Å². The van der Waals surface area contributed by atoms with E-state index in [1.165, 1.54) is 5.56 Å². The number of rotatable bonds is 1. The summed E-state index contributed by atoms with van der Waals surface area (Å²) in [6.45, 7) is 8.59. The zero-order valence-electron chi connectivity index (χ0n) is 10.8. The SMILES string of the molecule is COc1cc2c(cc1C)OC(C)(C)CC2C. The van der Waals surface area contributed by atoms with Crippen LogP contribution in [0, 0.1) is 6.92 Å². The van der Waals surface area contributed by atoms with Crippen LogP contribution in [0.15, 0.2) is 12.1 Å². The summed E-state index contributed by atoms with van der Waals surface area (Å²) < 4.78 is 11.4. The van der Waals surface area contributed by atoms with E-state index in [0.717, 1.165) is 23.5 Å². The second-order valence-electron chi connectivity index (χ2n) is 5.33. The first-order chi connectivity index (χ1) is 7.43. The number of aryl methyl sites for hydroxylation is 1. The number of hydrogen-bond acceptors (Lipinski definition) is 2. The Morgan fingerprint density at radius 1 is 1.38 bits per heavy atom. The fraction of sp³-hybridized carbons (Fsp3) is 0.571. The first-order valence-corrected chi connectivity index (χ1v) is 5.80. The van der Waals surface area contributed by atoms with Gasteiger partial charge in [-0.05, 0) is 50.8 Å². The van der Waals surface area contributed by atoms with Crippen molar-refractivity contribution in [1.82, 2.24) is 0 Å². The monoisotopic (exact) mass is 220 g/mol. The summed E-state index contributed by atoms with van der Waals surface area (Å²) in [5, 5.41) is 0. The molecule has 1 aliphatic rings. The molecule has 2 rings (SSSR count). The van der Waals surface area contributed by atoms with Gasteiger partial charge in [-0.1, -0.05) is 6.92 Å². The van der Waals surface area contributed by atoms with Crippen molar-refractivity contribution in [2.45, 2.75) is 45.6 Å². The van der Waals surface area contributed by atoms with Gasteiger partial charge in [0.05, 0.1) is 7.11 Å². The standard InChI is InChI=1S/C14H20O2/c1-9-6-13-11(7-12(9)15-5)10(2)8-14(3,4)16-13/h6-7,10H,8H2,1-5H3. The molecule has 0 aromatic heterocycles. The number of ether oxygens (including phenoxy) is 2. The van der Waals surface area contributed by atoms with Crippen LogP contribution < -0.4 is 9.47 Å². The van der Waals surface area contributed by atoms with Crippen molar-refractivity contribution in [3.05, 3.63) is 23.3 Å². The van der Waals surface area contributed by atoms with Crippen molar-refractivity contribution in [1.29, 1.82) is 0 Å². The highest BCUT2D eigenvalue weighted by atomic mass is 16.5. The van der Waals surface area contributed by atoms with Crippen molar-refractivity contribution in [2.75, 3.05) is 7.11 Å². The van der Waals surface area contributed by atoms with Crippen LogP contribution in [0.2, 0.25) is 0 Å².